The highest BCUT2D eigenvalue weighted by Gasteiger charge is 2.20. The third-order valence-corrected chi connectivity index (χ3v) is 16.5. The number of amides is 1. The summed E-state index contributed by atoms with van der Waals surface area (Å²) in [5.74, 6) is -0.0199. The minimum Gasteiger partial charge on any atom is -0.466 e. The fraction of sp³-hybridized carbons (Fsp3) is 0.915. The van der Waals surface area contributed by atoms with E-state index >= 15 is 0 Å². The van der Waals surface area contributed by atoms with Crippen LogP contribution in [0.5, 0.6) is 0 Å². The van der Waals surface area contributed by atoms with Gasteiger partial charge in [0.15, 0.2) is 0 Å². The molecule has 0 rings (SSSR count). The minimum atomic E-state index is -0.667. The number of ether oxygens (including phenoxy) is 1. The molecule has 0 aromatic carbocycles. The van der Waals surface area contributed by atoms with E-state index in [4.69, 9.17) is 4.74 Å². The Labute approximate surface area is 481 Å². The Kier molecular flexibility index (Phi) is 65.4. The van der Waals surface area contributed by atoms with E-state index in [2.05, 4.69) is 43.5 Å². The number of carbonyl (C=O) groups is 2. The second kappa shape index (κ2) is 66.8. The van der Waals surface area contributed by atoms with Crippen molar-refractivity contribution in [2.75, 3.05) is 13.2 Å². The summed E-state index contributed by atoms with van der Waals surface area (Å²) in [6.07, 6.45) is 83.6. The number of hydrogen-bond acceptors (Lipinski definition) is 5. The summed E-state index contributed by atoms with van der Waals surface area (Å²) in [5.41, 5.74) is 0. The predicted molar refractivity (Wildman–Crippen MR) is 338 cm³/mol. The Morgan fingerprint density at radius 2 is 0.649 bits per heavy atom. The van der Waals surface area contributed by atoms with Crippen LogP contribution in [0.25, 0.3) is 0 Å². The van der Waals surface area contributed by atoms with Crippen LogP contribution in [0.15, 0.2) is 24.3 Å². The van der Waals surface area contributed by atoms with Crippen LogP contribution in [0.4, 0.5) is 0 Å². The summed E-state index contributed by atoms with van der Waals surface area (Å²) < 4.78 is 5.50. The molecule has 0 spiro atoms. The Morgan fingerprint density at radius 1 is 0.364 bits per heavy atom. The summed E-state index contributed by atoms with van der Waals surface area (Å²) in [6.45, 7) is 4.99. The quantitative estimate of drug-likeness (QED) is 0.0320. The Hall–Kier alpha value is -1.66. The van der Waals surface area contributed by atoms with E-state index in [-0.39, 0.29) is 18.5 Å². The highest BCUT2D eigenvalue weighted by atomic mass is 16.5. The van der Waals surface area contributed by atoms with Crippen molar-refractivity contribution in [1.82, 2.24) is 5.32 Å². The molecule has 77 heavy (non-hydrogen) atoms. The lowest BCUT2D eigenvalue weighted by Crippen LogP contribution is -2.45. The van der Waals surface area contributed by atoms with Gasteiger partial charge in [-0.1, -0.05) is 346 Å². The van der Waals surface area contributed by atoms with Crippen molar-refractivity contribution >= 4 is 11.9 Å². The van der Waals surface area contributed by atoms with Gasteiger partial charge in [0.05, 0.1) is 25.4 Å². The molecule has 6 nitrogen and oxygen atoms in total. The summed E-state index contributed by atoms with van der Waals surface area (Å²) in [4.78, 5) is 24.6. The number of rotatable bonds is 66. The molecule has 0 aliphatic carbocycles. The molecule has 2 unspecified atom stereocenters. The van der Waals surface area contributed by atoms with Crippen molar-refractivity contribution in [3.63, 3.8) is 0 Å². The SMILES string of the molecule is CCCCCCCCCCCCCCCCCCCC(O)C(CO)NC(=O)CCCCCCCCCCCCC/C=C\C/C=C\CCCCCCCCCCCOC(=O)CCCCCCCCCCCCCCCCCC. The van der Waals surface area contributed by atoms with Gasteiger partial charge in [-0.2, -0.15) is 0 Å². The average molecular weight is 1080 g/mol. The normalized spacial score (nSPS) is 12.6. The lowest BCUT2D eigenvalue weighted by molar-refractivity contribution is -0.143. The number of esters is 1. The standard InChI is InChI=1S/C71H137NO5/c1-3-5-7-9-11-13-15-17-19-32-35-39-43-47-51-55-59-63-69(74)68(67-73)72-70(75)64-60-56-52-48-44-40-36-33-30-28-26-24-22-21-23-25-27-29-31-34-38-42-46-50-54-58-62-66-77-71(76)65-61-57-53-49-45-41-37-20-18-16-14-12-10-8-6-4-2/h21-22,25,27,68-69,73-74H,3-20,23-24,26,28-67H2,1-2H3,(H,72,75)/b22-21-,27-25-. The van der Waals surface area contributed by atoms with Crippen molar-refractivity contribution in [3.05, 3.63) is 24.3 Å². The summed E-state index contributed by atoms with van der Waals surface area (Å²) in [7, 11) is 0. The zero-order valence-corrected chi connectivity index (χ0v) is 52.2. The van der Waals surface area contributed by atoms with E-state index in [0.717, 1.165) is 44.9 Å². The van der Waals surface area contributed by atoms with Crippen LogP contribution >= 0.6 is 0 Å². The molecule has 1 amide bonds. The zero-order chi connectivity index (χ0) is 55.7. The molecule has 0 aromatic heterocycles. The third kappa shape index (κ3) is 63.4. The first-order chi connectivity index (χ1) is 38.0. The molecule has 0 aliphatic heterocycles. The van der Waals surface area contributed by atoms with Gasteiger partial charge in [-0.05, 0) is 57.8 Å². The Morgan fingerprint density at radius 3 is 0.987 bits per heavy atom. The highest BCUT2D eigenvalue weighted by molar-refractivity contribution is 5.76. The van der Waals surface area contributed by atoms with E-state index < -0.39 is 12.1 Å². The fourth-order valence-electron chi connectivity index (χ4n) is 11.1. The van der Waals surface area contributed by atoms with Crippen molar-refractivity contribution in [2.45, 2.75) is 405 Å². The van der Waals surface area contributed by atoms with E-state index in [1.165, 1.54) is 315 Å². The van der Waals surface area contributed by atoms with Crippen LogP contribution in [0.2, 0.25) is 0 Å². The van der Waals surface area contributed by atoms with Gasteiger partial charge >= 0.3 is 5.97 Å². The van der Waals surface area contributed by atoms with Gasteiger partial charge in [0.2, 0.25) is 5.91 Å². The largest absolute Gasteiger partial charge is 0.466 e. The van der Waals surface area contributed by atoms with Crippen molar-refractivity contribution < 1.29 is 24.5 Å². The third-order valence-electron chi connectivity index (χ3n) is 16.5. The maximum atomic E-state index is 12.5. The maximum Gasteiger partial charge on any atom is 0.305 e. The van der Waals surface area contributed by atoms with Crippen LogP contribution in [0.3, 0.4) is 0 Å². The first-order valence-electron chi connectivity index (χ1n) is 35.1. The van der Waals surface area contributed by atoms with E-state index in [1.54, 1.807) is 0 Å². The number of carbonyl (C=O) groups excluding carboxylic acids is 2. The molecule has 0 heterocycles. The summed E-state index contributed by atoms with van der Waals surface area (Å²) >= 11 is 0. The molecule has 2 atom stereocenters. The molecule has 0 radical (unpaired) electrons. The maximum absolute atomic E-state index is 12.5. The molecule has 0 saturated carbocycles. The summed E-state index contributed by atoms with van der Waals surface area (Å²) in [5, 5.41) is 23.4. The Bertz CT molecular complexity index is 1200. The lowest BCUT2D eigenvalue weighted by Gasteiger charge is -2.22. The molecule has 0 bridgehead atoms. The highest BCUT2D eigenvalue weighted by Crippen LogP contribution is 2.19. The van der Waals surface area contributed by atoms with Gasteiger partial charge in [0.1, 0.15) is 0 Å². The molecule has 0 saturated heterocycles. The molecule has 456 valence electrons. The number of aliphatic hydroxyl groups excluding tert-OH is 2. The summed E-state index contributed by atoms with van der Waals surface area (Å²) in [6, 6.07) is -0.544. The first-order valence-corrected chi connectivity index (χ1v) is 35.1. The van der Waals surface area contributed by atoms with Crippen molar-refractivity contribution in [2.24, 2.45) is 0 Å². The minimum absolute atomic E-state index is 0.0149. The molecule has 6 heteroatoms. The van der Waals surface area contributed by atoms with Crippen LogP contribution in [0, 0.1) is 0 Å². The van der Waals surface area contributed by atoms with Crippen LogP contribution in [-0.4, -0.2) is 47.4 Å². The smallest absolute Gasteiger partial charge is 0.305 e. The zero-order valence-electron chi connectivity index (χ0n) is 52.2. The number of hydrogen-bond donors (Lipinski definition) is 3. The van der Waals surface area contributed by atoms with Crippen LogP contribution in [0.1, 0.15) is 393 Å². The Balaban J connectivity index is 3.40. The molecule has 3 N–H and O–H groups in total. The van der Waals surface area contributed by atoms with Crippen molar-refractivity contribution in [1.29, 1.82) is 0 Å². The number of aliphatic hydroxyl groups is 2. The van der Waals surface area contributed by atoms with E-state index in [9.17, 15) is 19.8 Å². The molecule has 0 fully saturated rings. The number of unbranched alkanes of at least 4 members (excludes halogenated alkanes) is 51. The molecule has 0 aliphatic rings. The van der Waals surface area contributed by atoms with Crippen molar-refractivity contribution in [3.8, 4) is 0 Å². The van der Waals surface area contributed by atoms with Gasteiger partial charge in [0, 0.05) is 12.8 Å². The molecular formula is C71H137NO5. The number of allylic oxidation sites excluding steroid dienone is 4. The van der Waals surface area contributed by atoms with Gasteiger partial charge in [0.25, 0.3) is 0 Å². The first kappa shape index (κ1) is 75.3. The topological polar surface area (TPSA) is 95.9 Å². The van der Waals surface area contributed by atoms with Gasteiger partial charge in [-0.3, -0.25) is 9.59 Å². The number of nitrogens with one attached hydrogen (secondary N) is 1. The predicted octanol–water partition coefficient (Wildman–Crippen LogP) is 22.5. The monoisotopic (exact) mass is 1080 g/mol. The van der Waals surface area contributed by atoms with E-state index in [0.29, 0.717) is 25.9 Å². The second-order valence-electron chi connectivity index (χ2n) is 24.2. The van der Waals surface area contributed by atoms with Crippen LogP contribution < -0.4 is 5.32 Å². The van der Waals surface area contributed by atoms with Gasteiger partial charge in [-0.25, -0.2) is 0 Å². The second-order valence-corrected chi connectivity index (χ2v) is 24.2. The van der Waals surface area contributed by atoms with Gasteiger partial charge < -0.3 is 20.3 Å². The lowest BCUT2D eigenvalue weighted by atomic mass is 10.0. The molecular weight excluding hydrogens is 947 g/mol. The average Bonchev–Trinajstić information content (AvgIpc) is 3.43. The van der Waals surface area contributed by atoms with Crippen LogP contribution in [-0.2, 0) is 14.3 Å². The fourth-order valence-corrected chi connectivity index (χ4v) is 11.1. The molecule has 0 aromatic rings. The van der Waals surface area contributed by atoms with Gasteiger partial charge in [-0.15, -0.1) is 0 Å². The van der Waals surface area contributed by atoms with E-state index in [1.807, 2.05) is 0 Å².